The molecule has 0 radical (unpaired) electrons. The lowest BCUT2D eigenvalue weighted by Gasteiger charge is -2.03. The van der Waals surface area contributed by atoms with Gasteiger partial charge >= 0.3 is 0 Å². The van der Waals surface area contributed by atoms with Gasteiger partial charge in [0.15, 0.2) is 5.82 Å². The average Bonchev–Trinajstić information content (AvgIpc) is 2.62. The maximum Gasteiger partial charge on any atom is 0.226 e. The first kappa shape index (κ1) is 11.2. The summed E-state index contributed by atoms with van der Waals surface area (Å²) in [7, 11) is 0. The van der Waals surface area contributed by atoms with Crippen molar-refractivity contribution in [1.29, 1.82) is 0 Å². The molecule has 4 heteroatoms. The molecule has 1 aromatic heterocycles. The van der Waals surface area contributed by atoms with E-state index in [1.807, 2.05) is 0 Å². The van der Waals surface area contributed by atoms with Crippen molar-refractivity contribution in [2.75, 3.05) is 6.54 Å². The van der Waals surface area contributed by atoms with E-state index in [1.54, 1.807) is 0 Å². The molecule has 0 fully saturated rings. The quantitative estimate of drug-likeness (QED) is 0.780. The molecule has 1 aromatic rings. The first-order valence-corrected chi connectivity index (χ1v) is 5.16. The third kappa shape index (κ3) is 3.10. The molecule has 1 unspecified atom stereocenters. The van der Waals surface area contributed by atoms with Crippen LogP contribution < -0.4 is 5.73 Å². The first-order valence-electron chi connectivity index (χ1n) is 5.16. The third-order valence-corrected chi connectivity index (χ3v) is 2.25. The molecule has 0 saturated heterocycles. The monoisotopic (exact) mass is 197 g/mol. The summed E-state index contributed by atoms with van der Waals surface area (Å²) in [6.07, 6.45) is 1.84. The van der Waals surface area contributed by atoms with E-state index in [0.717, 1.165) is 24.6 Å². The van der Waals surface area contributed by atoms with Crippen LogP contribution in [0.4, 0.5) is 0 Å². The fourth-order valence-corrected chi connectivity index (χ4v) is 1.09. The number of aryl methyl sites for hydroxylation is 1. The topological polar surface area (TPSA) is 64.9 Å². The van der Waals surface area contributed by atoms with Gasteiger partial charge in [-0.25, -0.2) is 0 Å². The molecule has 14 heavy (non-hydrogen) atoms. The zero-order chi connectivity index (χ0) is 10.6. The summed E-state index contributed by atoms with van der Waals surface area (Å²) >= 11 is 0. The van der Waals surface area contributed by atoms with Crippen molar-refractivity contribution in [3.8, 4) is 0 Å². The summed E-state index contributed by atoms with van der Waals surface area (Å²) < 4.78 is 5.12. The van der Waals surface area contributed by atoms with E-state index in [1.165, 1.54) is 0 Å². The van der Waals surface area contributed by atoms with Gasteiger partial charge in [0.25, 0.3) is 0 Å². The van der Waals surface area contributed by atoms with Gasteiger partial charge < -0.3 is 10.3 Å². The highest BCUT2D eigenvalue weighted by atomic mass is 16.5. The normalized spacial score (nSPS) is 13.5. The molecule has 0 aliphatic carbocycles. The van der Waals surface area contributed by atoms with E-state index in [4.69, 9.17) is 10.3 Å². The van der Waals surface area contributed by atoms with Gasteiger partial charge in [0.2, 0.25) is 5.89 Å². The maximum atomic E-state index is 5.52. The van der Waals surface area contributed by atoms with Gasteiger partial charge in [-0.3, -0.25) is 0 Å². The summed E-state index contributed by atoms with van der Waals surface area (Å²) in [5.41, 5.74) is 5.52. The molecule has 1 rings (SSSR count). The fraction of sp³-hybridized carbons (Fsp3) is 0.800. The number of aromatic nitrogens is 2. The van der Waals surface area contributed by atoms with Crippen LogP contribution in [0.3, 0.4) is 0 Å². The van der Waals surface area contributed by atoms with E-state index >= 15 is 0 Å². The Balaban J connectivity index is 2.44. The van der Waals surface area contributed by atoms with Crippen LogP contribution in [0, 0.1) is 5.92 Å². The third-order valence-electron chi connectivity index (χ3n) is 2.25. The van der Waals surface area contributed by atoms with E-state index < -0.39 is 0 Å². The highest BCUT2D eigenvalue weighted by Crippen LogP contribution is 2.12. The second-order valence-corrected chi connectivity index (χ2v) is 4.08. The van der Waals surface area contributed by atoms with Crippen LogP contribution in [0.1, 0.15) is 44.8 Å². The summed E-state index contributed by atoms with van der Waals surface area (Å²) in [5, 5.41) is 3.90. The van der Waals surface area contributed by atoms with Gasteiger partial charge in [0.05, 0.1) is 0 Å². The predicted octanol–water partition coefficient (Wildman–Crippen LogP) is 1.72. The molecule has 0 aromatic carbocycles. The van der Waals surface area contributed by atoms with Gasteiger partial charge in [-0.15, -0.1) is 0 Å². The Morgan fingerprint density at radius 2 is 2.07 bits per heavy atom. The number of rotatable bonds is 5. The van der Waals surface area contributed by atoms with E-state index in [2.05, 4.69) is 30.9 Å². The molecule has 0 amide bonds. The van der Waals surface area contributed by atoms with Crippen molar-refractivity contribution in [2.24, 2.45) is 11.7 Å². The van der Waals surface area contributed by atoms with Gasteiger partial charge in [0, 0.05) is 12.3 Å². The molecular weight excluding hydrogens is 178 g/mol. The Morgan fingerprint density at radius 3 is 2.57 bits per heavy atom. The molecule has 2 N–H and O–H groups in total. The summed E-state index contributed by atoms with van der Waals surface area (Å²) in [5.74, 6) is 2.37. The average molecular weight is 197 g/mol. The molecule has 0 saturated carbocycles. The van der Waals surface area contributed by atoms with Crippen molar-refractivity contribution in [3.63, 3.8) is 0 Å². The molecule has 1 heterocycles. The van der Waals surface area contributed by atoms with Crippen molar-refractivity contribution in [2.45, 2.75) is 39.5 Å². The Morgan fingerprint density at radius 1 is 1.36 bits per heavy atom. The van der Waals surface area contributed by atoms with Crippen LogP contribution >= 0.6 is 0 Å². The molecule has 0 aliphatic heterocycles. The van der Waals surface area contributed by atoms with Gasteiger partial charge in [-0.2, -0.15) is 4.98 Å². The van der Waals surface area contributed by atoms with Crippen molar-refractivity contribution in [3.05, 3.63) is 11.7 Å². The van der Waals surface area contributed by atoms with Crippen molar-refractivity contribution >= 4 is 0 Å². The Kier molecular flexibility index (Phi) is 4.07. The second-order valence-electron chi connectivity index (χ2n) is 4.08. The Hall–Kier alpha value is -0.900. The molecule has 80 valence electrons. The van der Waals surface area contributed by atoms with Gasteiger partial charge in [-0.05, 0) is 18.9 Å². The zero-order valence-corrected chi connectivity index (χ0v) is 9.16. The summed E-state index contributed by atoms with van der Waals surface area (Å²) in [4.78, 5) is 4.30. The van der Waals surface area contributed by atoms with Crippen LogP contribution in [-0.2, 0) is 6.42 Å². The largest absolute Gasteiger partial charge is 0.339 e. The molecule has 4 nitrogen and oxygen atoms in total. The first-order chi connectivity index (χ1) is 6.63. The second kappa shape index (κ2) is 5.10. The van der Waals surface area contributed by atoms with Crippen molar-refractivity contribution in [1.82, 2.24) is 10.1 Å². The lowest BCUT2D eigenvalue weighted by molar-refractivity contribution is 0.360. The smallest absolute Gasteiger partial charge is 0.226 e. The number of nitrogens with zero attached hydrogens (tertiary/aromatic N) is 2. The molecular formula is C10H19N3O. The standard InChI is InChI=1S/C10H19N3O/c1-7(2)10-12-9(14-13-10)5-4-8(3)6-11/h7-8H,4-6,11H2,1-3H3. The molecule has 0 bridgehead atoms. The van der Waals surface area contributed by atoms with Gasteiger partial charge in [-0.1, -0.05) is 25.9 Å². The Labute approximate surface area is 84.9 Å². The number of hydrogen-bond acceptors (Lipinski definition) is 4. The van der Waals surface area contributed by atoms with Crippen LogP contribution in [0.25, 0.3) is 0 Å². The Bertz CT molecular complexity index is 270. The van der Waals surface area contributed by atoms with E-state index in [0.29, 0.717) is 18.4 Å². The summed E-state index contributed by atoms with van der Waals surface area (Å²) in [6, 6.07) is 0. The van der Waals surface area contributed by atoms with Gasteiger partial charge in [0.1, 0.15) is 0 Å². The van der Waals surface area contributed by atoms with Crippen LogP contribution in [0.2, 0.25) is 0 Å². The molecule has 0 spiro atoms. The van der Waals surface area contributed by atoms with E-state index in [-0.39, 0.29) is 0 Å². The zero-order valence-electron chi connectivity index (χ0n) is 9.16. The minimum absolute atomic E-state index is 0.333. The minimum Gasteiger partial charge on any atom is -0.339 e. The number of nitrogens with two attached hydrogens (primary N) is 1. The lowest BCUT2D eigenvalue weighted by Crippen LogP contribution is -2.11. The fourth-order valence-electron chi connectivity index (χ4n) is 1.09. The minimum atomic E-state index is 0.333. The van der Waals surface area contributed by atoms with Crippen molar-refractivity contribution < 1.29 is 4.52 Å². The summed E-state index contributed by atoms with van der Waals surface area (Å²) in [6.45, 7) is 6.94. The lowest BCUT2D eigenvalue weighted by atomic mass is 10.1. The van der Waals surface area contributed by atoms with Crippen LogP contribution in [0.5, 0.6) is 0 Å². The van der Waals surface area contributed by atoms with Crippen LogP contribution in [0.15, 0.2) is 4.52 Å². The highest BCUT2D eigenvalue weighted by Gasteiger charge is 2.10. The molecule has 0 aliphatic rings. The SMILES string of the molecule is CC(CN)CCc1nc(C(C)C)no1. The highest BCUT2D eigenvalue weighted by molar-refractivity contribution is 4.91. The van der Waals surface area contributed by atoms with E-state index in [9.17, 15) is 0 Å². The molecule has 1 atom stereocenters. The van der Waals surface area contributed by atoms with Crippen LogP contribution in [-0.4, -0.2) is 16.7 Å². The number of hydrogen-bond donors (Lipinski definition) is 1. The predicted molar refractivity (Wildman–Crippen MR) is 54.9 cm³/mol. The maximum absolute atomic E-state index is 5.52.